The zero-order valence-electron chi connectivity index (χ0n) is 18.2. The van der Waals surface area contributed by atoms with Crippen LogP contribution in [0.25, 0.3) is 28.2 Å². The molecule has 0 atom stereocenters. The van der Waals surface area contributed by atoms with Crippen molar-refractivity contribution in [3.63, 3.8) is 0 Å². The van der Waals surface area contributed by atoms with Crippen molar-refractivity contribution in [3.8, 4) is 28.6 Å². The van der Waals surface area contributed by atoms with Gasteiger partial charge in [-0.3, -0.25) is 9.69 Å². The molecule has 3 aromatic heterocycles. The molecule has 7 heteroatoms. The van der Waals surface area contributed by atoms with Gasteiger partial charge >= 0.3 is 0 Å². The van der Waals surface area contributed by atoms with Crippen molar-refractivity contribution in [2.75, 3.05) is 19.6 Å². The normalized spacial score (nSPS) is 14.5. The monoisotopic (exact) mass is 424 g/mol. The fraction of sp³-hybridized carbons (Fsp3) is 0.240. The number of fused-ring (bicyclic) bond motifs is 1. The van der Waals surface area contributed by atoms with E-state index in [-0.39, 0.29) is 5.91 Å². The van der Waals surface area contributed by atoms with Crippen molar-refractivity contribution in [1.29, 1.82) is 5.26 Å². The lowest BCUT2D eigenvalue weighted by atomic mass is 10.1. The molecule has 0 saturated carbocycles. The van der Waals surface area contributed by atoms with Crippen molar-refractivity contribution in [2.45, 2.75) is 13.5 Å². The highest BCUT2D eigenvalue weighted by Crippen LogP contribution is 2.29. The number of hydrogen-bond acceptors (Lipinski definition) is 4. The molecule has 4 aromatic rings. The molecule has 1 N–H and O–H groups in total. The number of piperazine rings is 1. The fourth-order valence-corrected chi connectivity index (χ4v) is 4.25. The van der Waals surface area contributed by atoms with Crippen LogP contribution >= 0.6 is 0 Å². The lowest BCUT2D eigenvalue weighted by Gasteiger charge is -2.26. The molecule has 1 aromatic carbocycles. The molecule has 1 aliphatic heterocycles. The van der Waals surface area contributed by atoms with E-state index in [0.29, 0.717) is 25.2 Å². The van der Waals surface area contributed by atoms with E-state index in [1.807, 2.05) is 30.3 Å². The topological polar surface area (TPSA) is 78.4 Å². The Bertz CT molecular complexity index is 1360. The number of aromatic nitrogens is 3. The SMILES string of the molecule is Cc1ccc(-c2nc3ccc(-c4ccc(C#N)cc4)cn3c2CN2CCNC(=O)C2)n1C. The number of rotatable bonds is 4. The molecule has 1 aliphatic rings. The van der Waals surface area contributed by atoms with Crippen molar-refractivity contribution < 1.29 is 4.79 Å². The zero-order valence-corrected chi connectivity index (χ0v) is 18.2. The molecule has 0 unspecified atom stereocenters. The first-order valence-corrected chi connectivity index (χ1v) is 10.7. The Hall–Kier alpha value is -3.89. The zero-order chi connectivity index (χ0) is 22.2. The quantitative estimate of drug-likeness (QED) is 0.546. The first-order valence-electron chi connectivity index (χ1n) is 10.7. The van der Waals surface area contributed by atoms with Crippen LogP contribution in [-0.2, 0) is 18.4 Å². The Kier molecular flexibility index (Phi) is 5.00. The van der Waals surface area contributed by atoms with Crippen LogP contribution in [0, 0.1) is 18.3 Å². The highest BCUT2D eigenvalue weighted by atomic mass is 16.2. The summed E-state index contributed by atoms with van der Waals surface area (Å²) in [7, 11) is 2.05. The Morgan fingerprint density at radius 3 is 2.56 bits per heavy atom. The number of pyridine rings is 1. The van der Waals surface area contributed by atoms with E-state index in [9.17, 15) is 4.79 Å². The number of nitriles is 1. The summed E-state index contributed by atoms with van der Waals surface area (Å²) in [6, 6.07) is 18.0. The van der Waals surface area contributed by atoms with Crippen LogP contribution in [0.15, 0.2) is 54.7 Å². The van der Waals surface area contributed by atoms with E-state index in [0.717, 1.165) is 40.4 Å². The summed E-state index contributed by atoms with van der Waals surface area (Å²) in [6.07, 6.45) is 2.10. The maximum absolute atomic E-state index is 12.0. The Labute approximate surface area is 186 Å². The summed E-state index contributed by atoms with van der Waals surface area (Å²) in [4.78, 5) is 19.1. The molecule has 0 bridgehead atoms. The average molecular weight is 425 g/mol. The summed E-state index contributed by atoms with van der Waals surface area (Å²) < 4.78 is 4.29. The standard InChI is InChI=1S/C25H24N6O/c1-17-3-9-21(29(17)2)25-22(15-30-12-11-27-24(32)16-30)31-14-20(8-10-23(31)28-25)19-6-4-18(13-26)5-7-19/h3-10,14H,11-12,15-16H2,1-2H3,(H,27,32). The first kappa shape index (κ1) is 20.0. The number of nitrogens with zero attached hydrogens (tertiary/aromatic N) is 5. The van der Waals surface area contributed by atoms with Crippen LogP contribution in [0.5, 0.6) is 0 Å². The van der Waals surface area contributed by atoms with Crippen molar-refractivity contribution >= 4 is 11.6 Å². The molecule has 0 radical (unpaired) electrons. The number of amides is 1. The molecule has 5 rings (SSSR count). The number of carbonyl (C=O) groups is 1. The van der Waals surface area contributed by atoms with Gasteiger partial charge in [0, 0.05) is 38.6 Å². The molecule has 4 heterocycles. The minimum atomic E-state index is 0.0552. The minimum absolute atomic E-state index is 0.0552. The van der Waals surface area contributed by atoms with Crippen LogP contribution < -0.4 is 5.32 Å². The Balaban J connectivity index is 1.64. The summed E-state index contributed by atoms with van der Waals surface area (Å²) >= 11 is 0. The van der Waals surface area contributed by atoms with Crippen LogP contribution in [0.1, 0.15) is 17.0 Å². The van der Waals surface area contributed by atoms with Gasteiger partial charge in [0.2, 0.25) is 5.91 Å². The van der Waals surface area contributed by atoms with Crippen LogP contribution in [0.3, 0.4) is 0 Å². The van der Waals surface area contributed by atoms with Crippen LogP contribution in [0.2, 0.25) is 0 Å². The van der Waals surface area contributed by atoms with E-state index in [4.69, 9.17) is 10.2 Å². The lowest BCUT2D eigenvalue weighted by molar-refractivity contribution is -0.124. The first-order chi connectivity index (χ1) is 15.5. The van der Waals surface area contributed by atoms with Gasteiger partial charge in [0.05, 0.1) is 29.6 Å². The number of benzene rings is 1. The third-order valence-corrected chi connectivity index (χ3v) is 6.17. The van der Waals surface area contributed by atoms with Crippen LogP contribution in [0.4, 0.5) is 0 Å². The van der Waals surface area contributed by atoms with Gasteiger partial charge in [-0.2, -0.15) is 5.26 Å². The fourth-order valence-electron chi connectivity index (χ4n) is 4.25. The third kappa shape index (κ3) is 3.55. The summed E-state index contributed by atoms with van der Waals surface area (Å²) in [5, 5.41) is 12.0. The maximum Gasteiger partial charge on any atom is 0.234 e. The molecule has 32 heavy (non-hydrogen) atoms. The highest BCUT2D eigenvalue weighted by Gasteiger charge is 2.22. The Morgan fingerprint density at radius 1 is 1.09 bits per heavy atom. The molecular formula is C25H24N6O. The van der Waals surface area contributed by atoms with Crippen molar-refractivity contribution in [1.82, 2.24) is 24.2 Å². The molecular weight excluding hydrogens is 400 g/mol. The largest absolute Gasteiger partial charge is 0.354 e. The number of carbonyl (C=O) groups excluding carboxylic acids is 1. The maximum atomic E-state index is 12.0. The molecule has 1 saturated heterocycles. The second-order valence-electron chi connectivity index (χ2n) is 8.22. The molecule has 0 spiro atoms. The number of aryl methyl sites for hydroxylation is 1. The van der Waals surface area contributed by atoms with Gasteiger partial charge in [-0.05, 0) is 54.4 Å². The van der Waals surface area contributed by atoms with E-state index >= 15 is 0 Å². The molecule has 0 aliphatic carbocycles. The lowest BCUT2D eigenvalue weighted by Crippen LogP contribution is -2.47. The Morgan fingerprint density at radius 2 is 1.88 bits per heavy atom. The molecule has 7 nitrogen and oxygen atoms in total. The predicted molar refractivity (Wildman–Crippen MR) is 123 cm³/mol. The van der Waals surface area contributed by atoms with E-state index in [1.54, 1.807) is 0 Å². The van der Waals surface area contributed by atoms with E-state index in [1.165, 1.54) is 5.69 Å². The van der Waals surface area contributed by atoms with E-state index < -0.39 is 0 Å². The summed E-state index contributed by atoms with van der Waals surface area (Å²) in [5.74, 6) is 0.0552. The van der Waals surface area contributed by atoms with Gasteiger partial charge < -0.3 is 14.3 Å². The molecule has 1 amide bonds. The van der Waals surface area contributed by atoms with Gasteiger partial charge in [-0.1, -0.05) is 12.1 Å². The highest BCUT2D eigenvalue weighted by molar-refractivity contribution is 5.78. The minimum Gasteiger partial charge on any atom is -0.354 e. The number of nitrogens with one attached hydrogen (secondary N) is 1. The second kappa shape index (κ2) is 7.98. The number of hydrogen-bond donors (Lipinski definition) is 1. The van der Waals surface area contributed by atoms with Crippen molar-refractivity contribution in [3.05, 3.63) is 71.7 Å². The molecule has 160 valence electrons. The van der Waals surface area contributed by atoms with Gasteiger partial charge in [0.1, 0.15) is 11.3 Å². The van der Waals surface area contributed by atoms with Crippen molar-refractivity contribution in [2.24, 2.45) is 7.05 Å². The van der Waals surface area contributed by atoms with Gasteiger partial charge in [-0.15, -0.1) is 0 Å². The van der Waals surface area contributed by atoms with Gasteiger partial charge in [-0.25, -0.2) is 4.98 Å². The third-order valence-electron chi connectivity index (χ3n) is 6.17. The predicted octanol–water partition coefficient (Wildman–Crippen LogP) is 3.12. The molecule has 1 fully saturated rings. The summed E-state index contributed by atoms with van der Waals surface area (Å²) in [5.41, 5.74) is 7.82. The second-order valence-corrected chi connectivity index (χ2v) is 8.22. The van der Waals surface area contributed by atoms with Crippen LogP contribution in [-0.4, -0.2) is 44.4 Å². The van der Waals surface area contributed by atoms with E-state index in [2.05, 4.69) is 63.6 Å². The summed E-state index contributed by atoms with van der Waals surface area (Å²) in [6.45, 7) is 4.56. The number of imidazole rings is 1. The van der Waals surface area contributed by atoms with Gasteiger partial charge in [0.25, 0.3) is 0 Å². The smallest absolute Gasteiger partial charge is 0.234 e. The average Bonchev–Trinajstić information content (AvgIpc) is 3.33. The van der Waals surface area contributed by atoms with Gasteiger partial charge in [0.15, 0.2) is 0 Å².